The number of benzene rings is 2. The van der Waals surface area contributed by atoms with Gasteiger partial charge in [0, 0.05) is 11.6 Å². The molecule has 8 heteroatoms. The molecule has 2 N–H and O–H groups in total. The number of amides is 1. The summed E-state index contributed by atoms with van der Waals surface area (Å²) in [6, 6.07) is 7.95. The highest BCUT2D eigenvalue weighted by atomic mass is 19.4. The van der Waals surface area contributed by atoms with Gasteiger partial charge in [0.05, 0.1) is 0 Å². The average molecular weight is 343 g/mol. The Morgan fingerprint density at radius 1 is 1.17 bits per heavy atom. The largest absolute Gasteiger partial charge is 0.508 e. The van der Waals surface area contributed by atoms with Crippen LogP contribution in [0, 0.1) is 5.82 Å². The van der Waals surface area contributed by atoms with Gasteiger partial charge in [0.1, 0.15) is 18.2 Å². The van der Waals surface area contributed by atoms with Gasteiger partial charge < -0.3 is 15.2 Å². The maximum absolute atomic E-state index is 13.7. The molecule has 0 bridgehead atoms. The van der Waals surface area contributed by atoms with Crippen LogP contribution in [0.15, 0.2) is 48.5 Å². The Bertz CT molecular complexity index is 704. The number of alkyl halides is 3. The van der Waals surface area contributed by atoms with E-state index in [-0.39, 0.29) is 6.61 Å². The van der Waals surface area contributed by atoms with E-state index in [1.807, 2.05) is 0 Å². The third kappa shape index (κ3) is 4.61. The number of hydrogen-bond acceptors (Lipinski definition) is 3. The van der Waals surface area contributed by atoms with Crippen LogP contribution in [0.1, 0.15) is 17.2 Å². The number of phenols is 1. The van der Waals surface area contributed by atoms with Crippen LogP contribution >= 0.6 is 0 Å². The molecule has 0 saturated carbocycles. The summed E-state index contributed by atoms with van der Waals surface area (Å²) in [5, 5.41) is 10.7. The summed E-state index contributed by atoms with van der Waals surface area (Å²) in [7, 11) is 0. The molecule has 0 radical (unpaired) electrons. The van der Waals surface area contributed by atoms with Gasteiger partial charge >= 0.3 is 12.3 Å². The van der Waals surface area contributed by atoms with Gasteiger partial charge in [-0.3, -0.25) is 0 Å². The number of halogens is 4. The van der Waals surface area contributed by atoms with E-state index < -0.39 is 35.4 Å². The number of aromatic hydroxyl groups is 1. The van der Waals surface area contributed by atoms with Crippen molar-refractivity contribution >= 4 is 6.09 Å². The van der Waals surface area contributed by atoms with Gasteiger partial charge in [-0.25, -0.2) is 9.18 Å². The molecule has 0 aliphatic rings. The van der Waals surface area contributed by atoms with Crippen LogP contribution in [0.25, 0.3) is 0 Å². The average Bonchev–Trinajstić information content (AvgIpc) is 2.51. The molecule has 0 spiro atoms. The number of nitrogens with one attached hydrogen (secondary N) is 1. The normalized spacial score (nSPS) is 12.5. The predicted octanol–water partition coefficient (Wildman–Crippen LogP) is 4.06. The van der Waals surface area contributed by atoms with Crippen molar-refractivity contribution in [1.29, 1.82) is 0 Å². The summed E-state index contributed by atoms with van der Waals surface area (Å²) in [5.41, 5.74) is -0.232. The number of ether oxygens (including phenoxy) is 1. The Morgan fingerprint density at radius 3 is 2.42 bits per heavy atom. The Kier molecular flexibility index (Phi) is 5.28. The molecule has 1 amide bonds. The number of phenolic OH excluding ortho intramolecular Hbond substituents is 1. The minimum absolute atomic E-state index is 0.227. The van der Waals surface area contributed by atoms with E-state index in [1.54, 1.807) is 35.6 Å². The molecular formula is C16H13F4NO3. The van der Waals surface area contributed by atoms with E-state index in [4.69, 9.17) is 9.84 Å². The lowest BCUT2D eigenvalue weighted by Crippen LogP contribution is -2.38. The monoisotopic (exact) mass is 343 g/mol. The molecule has 0 aliphatic heterocycles. The first-order valence-corrected chi connectivity index (χ1v) is 6.79. The molecule has 4 nitrogen and oxygen atoms in total. The van der Waals surface area contributed by atoms with Crippen molar-refractivity contribution in [1.82, 2.24) is 5.32 Å². The molecule has 2 rings (SSSR count). The lowest BCUT2D eigenvalue weighted by atomic mass is 10.1. The second kappa shape index (κ2) is 7.20. The summed E-state index contributed by atoms with van der Waals surface area (Å²) in [6.45, 7) is -0.227. The molecule has 2 aromatic rings. The fourth-order valence-electron chi connectivity index (χ4n) is 1.97. The first-order chi connectivity index (χ1) is 11.3. The summed E-state index contributed by atoms with van der Waals surface area (Å²) >= 11 is 0. The van der Waals surface area contributed by atoms with E-state index in [2.05, 4.69) is 0 Å². The zero-order valence-electron chi connectivity index (χ0n) is 12.2. The van der Waals surface area contributed by atoms with E-state index in [1.165, 1.54) is 0 Å². The lowest BCUT2D eigenvalue weighted by molar-refractivity contribution is -0.156. The fourth-order valence-corrected chi connectivity index (χ4v) is 1.97. The second-order valence-corrected chi connectivity index (χ2v) is 4.89. The van der Waals surface area contributed by atoms with Crippen LogP contribution in [0.3, 0.4) is 0 Å². The standard InChI is InChI=1S/C16H13F4NO3/c17-13-8-11(22)6-7-12(13)14(16(18,19)20)21-15(23)24-9-10-4-2-1-3-5-10/h1-8,14,22H,9H2,(H,21,23)/t14-/m0/s1. The van der Waals surface area contributed by atoms with E-state index in [9.17, 15) is 22.4 Å². The number of rotatable bonds is 4. The van der Waals surface area contributed by atoms with Gasteiger partial charge in [-0.15, -0.1) is 0 Å². The molecule has 0 aromatic heterocycles. The molecule has 0 unspecified atom stereocenters. The third-order valence-electron chi connectivity index (χ3n) is 3.10. The zero-order chi connectivity index (χ0) is 17.7. The molecule has 0 aliphatic carbocycles. The molecule has 24 heavy (non-hydrogen) atoms. The van der Waals surface area contributed by atoms with Gasteiger partial charge in [-0.1, -0.05) is 36.4 Å². The van der Waals surface area contributed by atoms with Gasteiger partial charge in [0.2, 0.25) is 0 Å². The van der Waals surface area contributed by atoms with Crippen LogP contribution < -0.4 is 5.32 Å². The van der Waals surface area contributed by atoms with E-state index >= 15 is 0 Å². The van der Waals surface area contributed by atoms with Gasteiger partial charge in [-0.2, -0.15) is 13.2 Å². The maximum Gasteiger partial charge on any atom is 0.413 e. The van der Waals surface area contributed by atoms with Crippen molar-refractivity contribution in [3.63, 3.8) is 0 Å². The number of carbonyl (C=O) groups excluding carboxylic acids is 1. The van der Waals surface area contributed by atoms with Crippen LogP contribution in [0.4, 0.5) is 22.4 Å². The van der Waals surface area contributed by atoms with Crippen LogP contribution in [-0.4, -0.2) is 17.4 Å². The highest BCUT2D eigenvalue weighted by molar-refractivity contribution is 5.68. The minimum Gasteiger partial charge on any atom is -0.508 e. The Morgan fingerprint density at radius 2 is 1.83 bits per heavy atom. The van der Waals surface area contributed by atoms with E-state index in [0.29, 0.717) is 11.6 Å². The minimum atomic E-state index is -4.94. The summed E-state index contributed by atoms with van der Waals surface area (Å²) in [5.74, 6) is -1.82. The first-order valence-electron chi connectivity index (χ1n) is 6.79. The highest BCUT2D eigenvalue weighted by Crippen LogP contribution is 2.35. The molecule has 0 saturated heterocycles. The van der Waals surface area contributed by atoms with Crippen molar-refractivity contribution in [2.45, 2.75) is 18.8 Å². The molecule has 0 fully saturated rings. The first kappa shape index (κ1) is 17.6. The zero-order valence-corrected chi connectivity index (χ0v) is 12.2. The van der Waals surface area contributed by atoms with Crippen LogP contribution in [0.5, 0.6) is 5.75 Å². The summed E-state index contributed by atoms with van der Waals surface area (Å²) in [6.07, 6.45) is -6.28. The third-order valence-corrected chi connectivity index (χ3v) is 3.10. The quantitative estimate of drug-likeness (QED) is 0.823. The topological polar surface area (TPSA) is 58.6 Å². The lowest BCUT2D eigenvalue weighted by Gasteiger charge is -2.22. The van der Waals surface area contributed by atoms with Gasteiger partial charge in [0.15, 0.2) is 6.04 Å². The highest BCUT2D eigenvalue weighted by Gasteiger charge is 2.43. The van der Waals surface area contributed by atoms with Crippen molar-refractivity contribution < 1.29 is 32.2 Å². The molecule has 0 heterocycles. The number of carbonyl (C=O) groups is 1. The number of alkyl carbamates (subject to hydrolysis) is 1. The SMILES string of the molecule is O=C(N[C@@H](c1ccc(O)cc1F)C(F)(F)F)OCc1ccccc1. The number of hydrogen-bond donors (Lipinski definition) is 2. The fraction of sp³-hybridized carbons (Fsp3) is 0.188. The Labute approximate surface area is 134 Å². The van der Waals surface area contributed by atoms with Crippen LogP contribution in [0.2, 0.25) is 0 Å². The molecule has 1 atom stereocenters. The summed E-state index contributed by atoms with van der Waals surface area (Å²) in [4.78, 5) is 11.6. The Hall–Kier alpha value is -2.77. The Balaban J connectivity index is 2.10. The van der Waals surface area contributed by atoms with E-state index in [0.717, 1.165) is 12.1 Å². The summed E-state index contributed by atoms with van der Waals surface area (Å²) < 4.78 is 57.7. The van der Waals surface area contributed by atoms with Crippen molar-refractivity contribution in [2.75, 3.05) is 0 Å². The maximum atomic E-state index is 13.7. The second-order valence-electron chi connectivity index (χ2n) is 4.89. The van der Waals surface area contributed by atoms with Crippen molar-refractivity contribution in [2.24, 2.45) is 0 Å². The predicted molar refractivity (Wildman–Crippen MR) is 76.6 cm³/mol. The van der Waals surface area contributed by atoms with Gasteiger partial charge in [0.25, 0.3) is 0 Å². The van der Waals surface area contributed by atoms with Crippen molar-refractivity contribution in [3.8, 4) is 5.75 Å². The molecule has 128 valence electrons. The van der Waals surface area contributed by atoms with Gasteiger partial charge in [-0.05, 0) is 11.6 Å². The smallest absolute Gasteiger partial charge is 0.413 e. The molecule has 2 aromatic carbocycles. The van der Waals surface area contributed by atoms with Crippen LogP contribution in [-0.2, 0) is 11.3 Å². The van der Waals surface area contributed by atoms with Crippen molar-refractivity contribution in [3.05, 3.63) is 65.5 Å². The molecular weight excluding hydrogens is 330 g/mol.